The van der Waals surface area contributed by atoms with Crippen LogP contribution in [0.15, 0.2) is 31.3 Å². The third kappa shape index (κ3) is 4.47. The molecule has 0 saturated heterocycles. The van der Waals surface area contributed by atoms with Crippen molar-refractivity contribution < 1.29 is 9.32 Å². The van der Waals surface area contributed by atoms with E-state index in [0.29, 0.717) is 40.2 Å². The molecular weight excluding hydrogens is 468 g/mol. The van der Waals surface area contributed by atoms with Gasteiger partial charge in [0.05, 0.1) is 5.75 Å². The van der Waals surface area contributed by atoms with E-state index in [4.69, 9.17) is 4.52 Å². The molecule has 0 radical (unpaired) electrons. The van der Waals surface area contributed by atoms with E-state index in [1.807, 2.05) is 51.3 Å². The Kier molecular flexibility index (Phi) is 6.54. The topological polar surface area (TPSA) is 118 Å². The number of rotatable bonds is 7. The molecular formula is C24H28N6O4S. The van der Waals surface area contributed by atoms with Crippen LogP contribution in [0.3, 0.4) is 0 Å². The molecule has 4 heterocycles. The lowest BCUT2D eigenvalue weighted by molar-refractivity contribution is 0.102. The quantitative estimate of drug-likeness (QED) is 0.218. The highest BCUT2D eigenvalue weighted by atomic mass is 32.2. The molecule has 184 valence electrons. The predicted octanol–water partition coefficient (Wildman–Crippen LogP) is 3.13. The molecule has 0 aliphatic heterocycles. The third-order valence-electron chi connectivity index (χ3n) is 5.72. The van der Waals surface area contributed by atoms with Gasteiger partial charge in [-0.2, -0.15) is 0 Å². The van der Waals surface area contributed by atoms with Crippen molar-refractivity contribution in [2.24, 2.45) is 13.0 Å². The average molecular weight is 497 g/mol. The van der Waals surface area contributed by atoms with Crippen molar-refractivity contribution in [2.45, 2.75) is 53.1 Å². The first-order chi connectivity index (χ1) is 16.5. The number of aromatic nitrogens is 6. The molecule has 0 aromatic carbocycles. The normalized spacial score (nSPS) is 11.7. The van der Waals surface area contributed by atoms with Crippen LogP contribution in [0.1, 0.15) is 47.2 Å². The van der Waals surface area contributed by atoms with Crippen molar-refractivity contribution >= 4 is 28.6 Å². The van der Waals surface area contributed by atoms with Gasteiger partial charge in [-0.15, -0.1) is 0 Å². The average Bonchev–Trinajstić information content (AvgIpc) is 3.34. The van der Waals surface area contributed by atoms with E-state index in [-0.39, 0.29) is 22.8 Å². The van der Waals surface area contributed by atoms with Crippen LogP contribution in [0.5, 0.6) is 0 Å². The van der Waals surface area contributed by atoms with Gasteiger partial charge in [-0.05, 0) is 39.7 Å². The Morgan fingerprint density at radius 1 is 1.11 bits per heavy atom. The van der Waals surface area contributed by atoms with Crippen molar-refractivity contribution in [2.75, 3.05) is 5.75 Å². The van der Waals surface area contributed by atoms with Crippen LogP contribution in [-0.2, 0) is 13.6 Å². The fourth-order valence-corrected chi connectivity index (χ4v) is 5.09. The van der Waals surface area contributed by atoms with Crippen LogP contribution >= 0.6 is 11.8 Å². The van der Waals surface area contributed by atoms with Crippen LogP contribution in [0.25, 0.3) is 16.9 Å². The summed E-state index contributed by atoms with van der Waals surface area (Å²) >= 11 is 1.17. The highest BCUT2D eigenvalue weighted by molar-refractivity contribution is 8.00. The summed E-state index contributed by atoms with van der Waals surface area (Å²) in [5.41, 5.74) is 1.59. The number of hydrogen-bond acceptors (Lipinski definition) is 8. The molecule has 0 aliphatic rings. The van der Waals surface area contributed by atoms with Crippen LogP contribution in [0.2, 0.25) is 0 Å². The summed E-state index contributed by atoms with van der Waals surface area (Å²) in [4.78, 5) is 47.9. The van der Waals surface area contributed by atoms with E-state index in [2.05, 4.69) is 15.1 Å². The van der Waals surface area contributed by atoms with Crippen LogP contribution in [0.4, 0.5) is 0 Å². The summed E-state index contributed by atoms with van der Waals surface area (Å²) in [6, 6.07) is 3.64. The van der Waals surface area contributed by atoms with Crippen molar-refractivity contribution in [3.05, 3.63) is 61.5 Å². The SMILES string of the molecule is Cc1nc(SCC(=O)c2cc(C)n(-c3cc(C)on3)c2C)c2c(=O)n(C)c(=O)n(CC(C)C)c2n1. The van der Waals surface area contributed by atoms with Crippen LogP contribution in [0, 0.1) is 33.6 Å². The number of carbonyl (C=O) groups is 1. The van der Waals surface area contributed by atoms with Gasteiger partial charge in [0.15, 0.2) is 17.2 Å². The standard InChI is InChI=1S/C24H28N6O4S/c1-12(2)10-29-21-20(23(32)28(7)24(29)33)22(26-16(6)25-21)35-11-18(31)17-8-13(3)30(15(17)5)19-9-14(4)34-27-19/h8-9,12H,10-11H2,1-7H3. The Hall–Kier alpha value is -3.47. The fourth-order valence-electron chi connectivity index (χ4n) is 4.14. The molecule has 11 heteroatoms. The van der Waals surface area contributed by atoms with E-state index in [0.717, 1.165) is 16.0 Å². The Morgan fingerprint density at radius 3 is 2.46 bits per heavy atom. The molecule has 4 rings (SSSR count). The largest absolute Gasteiger partial charge is 0.360 e. The zero-order valence-corrected chi connectivity index (χ0v) is 21.7. The molecule has 0 aliphatic carbocycles. The van der Waals surface area contributed by atoms with Crippen molar-refractivity contribution in [1.29, 1.82) is 0 Å². The second-order valence-corrected chi connectivity index (χ2v) is 10.0. The Morgan fingerprint density at radius 2 is 1.83 bits per heavy atom. The first-order valence-electron chi connectivity index (χ1n) is 11.3. The summed E-state index contributed by atoms with van der Waals surface area (Å²) in [7, 11) is 1.45. The van der Waals surface area contributed by atoms with E-state index in [1.54, 1.807) is 6.92 Å². The maximum atomic E-state index is 13.2. The minimum atomic E-state index is -0.473. The smallest absolute Gasteiger partial charge is 0.332 e. The van der Waals surface area contributed by atoms with Gasteiger partial charge in [-0.3, -0.25) is 23.3 Å². The number of thioether (sulfide) groups is 1. The summed E-state index contributed by atoms with van der Waals surface area (Å²) in [5.74, 6) is 1.86. The molecule has 0 saturated carbocycles. The summed E-state index contributed by atoms with van der Waals surface area (Å²) in [5, 5.41) is 4.70. The maximum Gasteiger partial charge on any atom is 0.332 e. The first-order valence-corrected chi connectivity index (χ1v) is 12.2. The molecule has 0 bridgehead atoms. The molecule has 0 atom stereocenters. The highest BCUT2D eigenvalue weighted by Crippen LogP contribution is 2.26. The monoisotopic (exact) mass is 496 g/mol. The van der Waals surface area contributed by atoms with E-state index < -0.39 is 11.2 Å². The number of hydrogen-bond donors (Lipinski definition) is 0. The van der Waals surface area contributed by atoms with E-state index in [1.165, 1.54) is 23.4 Å². The van der Waals surface area contributed by atoms with E-state index >= 15 is 0 Å². The van der Waals surface area contributed by atoms with Crippen molar-refractivity contribution in [1.82, 2.24) is 28.8 Å². The van der Waals surface area contributed by atoms with Crippen molar-refractivity contribution in [3.63, 3.8) is 0 Å². The lowest BCUT2D eigenvalue weighted by Crippen LogP contribution is -2.39. The zero-order chi connectivity index (χ0) is 25.6. The predicted molar refractivity (Wildman–Crippen MR) is 134 cm³/mol. The van der Waals surface area contributed by atoms with Gasteiger partial charge in [-0.1, -0.05) is 30.8 Å². The molecule has 35 heavy (non-hydrogen) atoms. The lowest BCUT2D eigenvalue weighted by atomic mass is 10.2. The van der Waals surface area contributed by atoms with E-state index in [9.17, 15) is 14.4 Å². The van der Waals surface area contributed by atoms with Gasteiger partial charge in [0.2, 0.25) is 0 Å². The molecule has 0 unspecified atom stereocenters. The van der Waals surface area contributed by atoms with Gasteiger partial charge in [0.1, 0.15) is 22.0 Å². The first kappa shape index (κ1) is 24.6. The summed E-state index contributed by atoms with van der Waals surface area (Å²) in [6.07, 6.45) is 0. The Labute approximate surface area is 206 Å². The van der Waals surface area contributed by atoms with Gasteiger partial charge in [-0.25, -0.2) is 14.8 Å². The number of fused-ring (bicyclic) bond motifs is 1. The zero-order valence-electron chi connectivity index (χ0n) is 20.9. The second kappa shape index (κ2) is 9.29. The van der Waals surface area contributed by atoms with Gasteiger partial charge >= 0.3 is 5.69 Å². The van der Waals surface area contributed by atoms with Crippen LogP contribution < -0.4 is 11.2 Å². The number of aryl methyl sites for hydroxylation is 3. The minimum Gasteiger partial charge on any atom is -0.360 e. The number of Topliss-reactive ketones (excluding diaryl/α,β-unsaturated/α-hetero) is 1. The molecule has 0 spiro atoms. The lowest BCUT2D eigenvalue weighted by Gasteiger charge is -2.15. The molecule has 0 N–H and O–H groups in total. The number of nitrogens with zero attached hydrogens (tertiary/aromatic N) is 6. The van der Waals surface area contributed by atoms with Crippen LogP contribution in [-0.4, -0.2) is 40.4 Å². The molecule has 0 amide bonds. The third-order valence-corrected chi connectivity index (χ3v) is 6.70. The fraction of sp³-hybridized carbons (Fsp3) is 0.417. The highest BCUT2D eigenvalue weighted by Gasteiger charge is 2.22. The second-order valence-electron chi connectivity index (χ2n) is 9.05. The summed E-state index contributed by atoms with van der Waals surface area (Å²) in [6.45, 7) is 11.7. The number of ketones is 1. The maximum absolute atomic E-state index is 13.2. The minimum absolute atomic E-state index is 0.0696. The number of carbonyl (C=O) groups excluding carboxylic acids is 1. The Balaban J connectivity index is 1.72. The summed E-state index contributed by atoms with van der Waals surface area (Å²) < 4.78 is 9.64. The Bertz CT molecular complexity index is 1570. The van der Waals surface area contributed by atoms with Crippen molar-refractivity contribution in [3.8, 4) is 5.82 Å². The van der Waals surface area contributed by atoms with Gasteiger partial charge < -0.3 is 4.52 Å². The molecule has 4 aromatic heterocycles. The molecule has 10 nitrogen and oxygen atoms in total. The van der Waals surface area contributed by atoms with Gasteiger partial charge in [0.25, 0.3) is 5.56 Å². The van der Waals surface area contributed by atoms with Gasteiger partial charge in [0, 0.05) is 36.6 Å². The molecule has 4 aromatic rings. The molecule has 0 fully saturated rings.